The van der Waals surface area contributed by atoms with Gasteiger partial charge in [0, 0.05) is 6.61 Å². The molecule has 0 radical (unpaired) electrons. The average molecular weight is 210 g/mol. The van der Waals surface area contributed by atoms with E-state index in [0.717, 1.165) is 0 Å². The molecule has 1 atom stereocenters. The Kier molecular flexibility index (Phi) is 2.91. The van der Waals surface area contributed by atoms with Gasteiger partial charge in [-0.3, -0.25) is 4.79 Å². The van der Waals surface area contributed by atoms with Gasteiger partial charge in [-0.05, 0) is 18.6 Å². The van der Waals surface area contributed by atoms with Gasteiger partial charge in [-0.25, -0.2) is 4.98 Å². The highest BCUT2D eigenvalue weighted by molar-refractivity contribution is 5.91. The molecule has 1 aromatic heterocycles. The summed E-state index contributed by atoms with van der Waals surface area (Å²) in [5.41, 5.74) is 0. The number of pyridine rings is 1. The van der Waals surface area contributed by atoms with Gasteiger partial charge in [0.05, 0.1) is 12.5 Å². The van der Waals surface area contributed by atoms with Crippen molar-refractivity contribution in [3.8, 4) is 0 Å². The highest BCUT2D eigenvalue weighted by Crippen LogP contribution is 2.14. The minimum atomic E-state index is -0.601. The van der Waals surface area contributed by atoms with Gasteiger partial charge >= 0.3 is 0 Å². The Hall–Kier alpha value is -1.49. The molecule has 0 saturated carbocycles. The molecule has 1 aliphatic heterocycles. The van der Waals surface area contributed by atoms with Crippen LogP contribution in [0, 0.1) is 11.9 Å². The Labute approximate surface area is 86.5 Å². The molecule has 1 saturated heterocycles. The molecule has 0 aliphatic carbocycles. The number of amides is 1. The van der Waals surface area contributed by atoms with Crippen LogP contribution in [0.4, 0.5) is 10.2 Å². The second kappa shape index (κ2) is 4.35. The first-order chi connectivity index (χ1) is 7.25. The maximum atomic E-state index is 12.7. The van der Waals surface area contributed by atoms with Gasteiger partial charge in [0.15, 0.2) is 0 Å². The van der Waals surface area contributed by atoms with Crippen molar-refractivity contribution in [2.24, 2.45) is 5.92 Å². The molecule has 1 unspecified atom stereocenters. The van der Waals surface area contributed by atoms with Crippen LogP contribution in [0.3, 0.4) is 0 Å². The number of hydrogen-bond donors (Lipinski definition) is 1. The predicted molar refractivity (Wildman–Crippen MR) is 51.8 cm³/mol. The maximum absolute atomic E-state index is 12.7. The summed E-state index contributed by atoms with van der Waals surface area (Å²) in [6.45, 7) is 1.04. The maximum Gasteiger partial charge on any atom is 0.231 e. The number of hydrogen-bond acceptors (Lipinski definition) is 3. The summed E-state index contributed by atoms with van der Waals surface area (Å²) in [5.74, 6) is -0.664. The normalized spacial score (nSPS) is 20.2. The molecule has 80 valence electrons. The molecule has 0 spiro atoms. The highest BCUT2D eigenvalue weighted by Gasteiger charge is 2.23. The molecular formula is C10H11FN2O2. The van der Waals surface area contributed by atoms with E-state index in [-0.39, 0.29) is 17.6 Å². The van der Waals surface area contributed by atoms with Gasteiger partial charge < -0.3 is 10.1 Å². The number of nitrogens with one attached hydrogen (secondary N) is 1. The molecule has 2 rings (SSSR count). The summed E-state index contributed by atoms with van der Waals surface area (Å²) in [5, 5.41) is 2.55. The van der Waals surface area contributed by atoms with E-state index in [4.69, 9.17) is 4.74 Å². The van der Waals surface area contributed by atoms with Crippen molar-refractivity contribution in [1.29, 1.82) is 0 Å². The molecule has 5 heteroatoms. The summed E-state index contributed by atoms with van der Waals surface area (Å²) in [6, 6.07) is 4.29. The first-order valence-corrected chi connectivity index (χ1v) is 4.77. The third-order valence-corrected chi connectivity index (χ3v) is 2.27. The Morgan fingerprint density at radius 2 is 2.47 bits per heavy atom. The summed E-state index contributed by atoms with van der Waals surface area (Å²) >= 11 is 0. The predicted octanol–water partition coefficient (Wildman–Crippen LogP) is 1.20. The molecule has 1 aromatic rings. The van der Waals surface area contributed by atoms with Gasteiger partial charge in [-0.15, -0.1) is 0 Å². The van der Waals surface area contributed by atoms with Crippen molar-refractivity contribution < 1.29 is 13.9 Å². The lowest BCUT2D eigenvalue weighted by Gasteiger charge is -2.07. The van der Waals surface area contributed by atoms with E-state index >= 15 is 0 Å². The first-order valence-electron chi connectivity index (χ1n) is 4.77. The monoisotopic (exact) mass is 210 g/mol. The van der Waals surface area contributed by atoms with Crippen LogP contribution in [-0.2, 0) is 9.53 Å². The molecule has 1 fully saturated rings. The van der Waals surface area contributed by atoms with Crippen LogP contribution in [0.15, 0.2) is 18.2 Å². The zero-order valence-electron chi connectivity index (χ0n) is 8.07. The van der Waals surface area contributed by atoms with Gasteiger partial charge in [0.2, 0.25) is 11.9 Å². The fourth-order valence-electron chi connectivity index (χ4n) is 1.45. The fraction of sp³-hybridized carbons (Fsp3) is 0.400. The molecule has 1 amide bonds. The number of carbonyl (C=O) groups excluding carboxylic acids is 1. The molecule has 0 bridgehead atoms. The van der Waals surface area contributed by atoms with Gasteiger partial charge in [-0.1, -0.05) is 6.07 Å². The summed E-state index contributed by atoms with van der Waals surface area (Å²) in [4.78, 5) is 15.1. The van der Waals surface area contributed by atoms with Crippen LogP contribution in [-0.4, -0.2) is 24.1 Å². The molecule has 2 heterocycles. The van der Waals surface area contributed by atoms with Crippen LogP contribution < -0.4 is 5.32 Å². The first kappa shape index (κ1) is 10.0. The molecule has 1 aliphatic rings. The standard InChI is InChI=1S/C10H11FN2O2/c11-8-2-1-3-9(12-8)13-10(14)7-4-5-15-6-7/h1-3,7H,4-6H2,(H,12,13,14). The zero-order valence-corrected chi connectivity index (χ0v) is 8.07. The van der Waals surface area contributed by atoms with E-state index in [2.05, 4.69) is 10.3 Å². The minimum Gasteiger partial charge on any atom is -0.381 e. The second-order valence-corrected chi connectivity index (χ2v) is 3.40. The van der Waals surface area contributed by atoms with Gasteiger partial charge in [-0.2, -0.15) is 4.39 Å². The molecular weight excluding hydrogens is 199 g/mol. The number of aromatic nitrogens is 1. The molecule has 4 nitrogen and oxygen atoms in total. The number of carbonyl (C=O) groups is 1. The zero-order chi connectivity index (χ0) is 10.7. The van der Waals surface area contributed by atoms with E-state index in [9.17, 15) is 9.18 Å². The lowest BCUT2D eigenvalue weighted by molar-refractivity contribution is -0.119. The summed E-state index contributed by atoms with van der Waals surface area (Å²) in [7, 11) is 0. The topological polar surface area (TPSA) is 51.2 Å². The van der Waals surface area contributed by atoms with E-state index in [1.54, 1.807) is 6.07 Å². The number of rotatable bonds is 2. The SMILES string of the molecule is O=C(Nc1cccc(F)n1)C1CCOC1. The lowest BCUT2D eigenvalue weighted by Crippen LogP contribution is -2.23. The molecule has 15 heavy (non-hydrogen) atoms. The minimum absolute atomic E-state index is 0.143. The van der Waals surface area contributed by atoms with Gasteiger partial charge in [0.1, 0.15) is 5.82 Å². The van der Waals surface area contributed by atoms with Crippen molar-refractivity contribution in [2.75, 3.05) is 18.5 Å². The third-order valence-electron chi connectivity index (χ3n) is 2.27. The smallest absolute Gasteiger partial charge is 0.231 e. The summed E-state index contributed by atoms with van der Waals surface area (Å²) in [6.07, 6.45) is 0.709. The van der Waals surface area contributed by atoms with Crippen molar-refractivity contribution in [3.05, 3.63) is 24.1 Å². The quantitative estimate of drug-likeness (QED) is 0.746. The summed E-state index contributed by atoms with van der Waals surface area (Å²) < 4.78 is 17.8. The van der Waals surface area contributed by atoms with Crippen LogP contribution in [0.1, 0.15) is 6.42 Å². The Balaban J connectivity index is 1.99. The highest BCUT2D eigenvalue weighted by atomic mass is 19.1. The van der Waals surface area contributed by atoms with E-state index < -0.39 is 5.95 Å². The van der Waals surface area contributed by atoms with Crippen molar-refractivity contribution in [2.45, 2.75) is 6.42 Å². The van der Waals surface area contributed by atoms with Gasteiger partial charge in [0.25, 0.3) is 0 Å². The second-order valence-electron chi connectivity index (χ2n) is 3.40. The van der Waals surface area contributed by atoms with Crippen molar-refractivity contribution >= 4 is 11.7 Å². The number of nitrogens with zero attached hydrogens (tertiary/aromatic N) is 1. The third kappa shape index (κ3) is 2.50. The lowest BCUT2D eigenvalue weighted by atomic mass is 10.1. The molecule has 0 aromatic carbocycles. The average Bonchev–Trinajstić information content (AvgIpc) is 2.70. The Bertz CT molecular complexity index is 364. The number of ether oxygens (including phenoxy) is 1. The van der Waals surface area contributed by atoms with E-state index in [1.165, 1.54) is 12.1 Å². The fourth-order valence-corrected chi connectivity index (χ4v) is 1.45. The van der Waals surface area contributed by atoms with Crippen LogP contribution in [0.25, 0.3) is 0 Å². The number of anilines is 1. The Morgan fingerprint density at radius 3 is 3.13 bits per heavy atom. The van der Waals surface area contributed by atoms with Crippen LogP contribution in [0.5, 0.6) is 0 Å². The van der Waals surface area contributed by atoms with Crippen LogP contribution in [0.2, 0.25) is 0 Å². The van der Waals surface area contributed by atoms with Crippen molar-refractivity contribution in [3.63, 3.8) is 0 Å². The Morgan fingerprint density at radius 1 is 1.60 bits per heavy atom. The largest absolute Gasteiger partial charge is 0.381 e. The number of halogens is 1. The van der Waals surface area contributed by atoms with E-state index in [1.807, 2.05) is 0 Å². The van der Waals surface area contributed by atoms with Crippen molar-refractivity contribution in [1.82, 2.24) is 4.98 Å². The van der Waals surface area contributed by atoms with Crippen LogP contribution >= 0.6 is 0 Å². The molecule has 1 N–H and O–H groups in total. The van der Waals surface area contributed by atoms with E-state index in [0.29, 0.717) is 19.6 Å².